The van der Waals surface area contributed by atoms with Gasteiger partial charge in [-0.1, -0.05) is 43.2 Å². The molecule has 1 unspecified atom stereocenters. The Morgan fingerprint density at radius 1 is 1.25 bits per heavy atom. The molecule has 106 valence electrons. The van der Waals surface area contributed by atoms with E-state index in [-0.39, 0.29) is 11.5 Å². The number of aryl methyl sites for hydroxylation is 1. The first-order valence-electron chi connectivity index (χ1n) is 7.27. The van der Waals surface area contributed by atoms with Gasteiger partial charge < -0.3 is 4.57 Å². The van der Waals surface area contributed by atoms with Gasteiger partial charge in [0, 0.05) is 24.9 Å². The van der Waals surface area contributed by atoms with E-state index in [0.29, 0.717) is 0 Å². The van der Waals surface area contributed by atoms with Crippen molar-refractivity contribution in [2.24, 2.45) is 12.9 Å². The second-order valence-electron chi connectivity index (χ2n) is 5.73. The molecule has 0 aliphatic heterocycles. The number of nitrogens with zero attached hydrogens (tertiary/aromatic N) is 2. The van der Waals surface area contributed by atoms with Gasteiger partial charge in [-0.25, -0.2) is 10.4 Å². The van der Waals surface area contributed by atoms with E-state index in [0.717, 1.165) is 18.7 Å². The number of aromatic nitrogens is 2. The van der Waals surface area contributed by atoms with Crippen LogP contribution >= 0.6 is 0 Å². The molecule has 1 atom stereocenters. The van der Waals surface area contributed by atoms with Gasteiger partial charge in [0.2, 0.25) is 0 Å². The molecule has 1 aromatic heterocycles. The predicted molar refractivity (Wildman–Crippen MR) is 79.9 cm³/mol. The predicted octanol–water partition coefficient (Wildman–Crippen LogP) is 2.44. The van der Waals surface area contributed by atoms with Crippen LogP contribution in [-0.4, -0.2) is 9.55 Å². The van der Waals surface area contributed by atoms with Crippen LogP contribution in [0.2, 0.25) is 0 Å². The zero-order chi connectivity index (χ0) is 14.0. The minimum atomic E-state index is 0.0485. The van der Waals surface area contributed by atoms with E-state index in [1.807, 2.05) is 19.4 Å². The lowest BCUT2D eigenvalue weighted by atomic mass is 9.72. The molecule has 20 heavy (non-hydrogen) atoms. The molecule has 1 saturated carbocycles. The van der Waals surface area contributed by atoms with Crippen LogP contribution in [0.25, 0.3) is 0 Å². The molecule has 4 nitrogen and oxygen atoms in total. The van der Waals surface area contributed by atoms with Crippen molar-refractivity contribution in [2.75, 3.05) is 0 Å². The summed E-state index contributed by atoms with van der Waals surface area (Å²) in [6, 6.07) is 10.8. The number of hydrogen-bond acceptors (Lipinski definition) is 3. The van der Waals surface area contributed by atoms with Crippen molar-refractivity contribution in [3.05, 3.63) is 54.1 Å². The number of nitrogens with two attached hydrogens (primary N) is 1. The summed E-state index contributed by atoms with van der Waals surface area (Å²) in [6.45, 7) is 0. The van der Waals surface area contributed by atoms with Crippen molar-refractivity contribution in [1.29, 1.82) is 0 Å². The Hall–Kier alpha value is -1.65. The second kappa shape index (κ2) is 5.38. The van der Waals surface area contributed by atoms with E-state index in [2.05, 4.69) is 45.3 Å². The van der Waals surface area contributed by atoms with E-state index < -0.39 is 0 Å². The van der Waals surface area contributed by atoms with Crippen LogP contribution in [-0.2, 0) is 12.5 Å². The van der Waals surface area contributed by atoms with Gasteiger partial charge >= 0.3 is 0 Å². The quantitative estimate of drug-likeness (QED) is 0.662. The number of benzene rings is 1. The fourth-order valence-electron chi connectivity index (χ4n) is 3.66. The highest BCUT2D eigenvalue weighted by Gasteiger charge is 2.44. The highest BCUT2D eigenvalue weighted by atomic mass is 15.3. The number of hydrazine groups is 1. The second-order valence-corrected chi connectivity index (χ2v) is 5.73. The number of hydrogen-bond donors (Lipinski definition) is 2. The number of rotatable bonds is 4. The van der Waals surface area contributed by atoms with Crippen molar-refractivity contribution in [2.45, 2.75) is 37.1 Å². The van der Waals surface area contributed by atoms with Crippen molar-refractivity contribution >= 4 is 0 Å². The fraction of sp³-hybridized carbons (Fsp3) is 0.438. The molecule has 4 heteroatoms. The summed E-state index contributed by atoms with van der Waals surface area (Å²) >= 11 is 0. The normalized spacial score (nSPS) is 19.1. The molecule has 0 spiro atoms. The van der Waals surface area contributed by atoms with Crippen LogP contribution in [0.5, 0.6) is 0 Å². The summed E-state index contributed by atoms with van der Waals surface area (Å²) in [5, 5.41) is 0. The minimum Gasteiger partial charge on any atom is -0.337 e. The molecule has 1 aliphatic rings. The van der Waals surface area contributed by atoms with Crippen molar-refractivity contribution in [3.8, 4) is 0 Å². The summed E-state index contributed by atoms with van der Waals surface area (Å²) in [4.78, 5) is 4.52. The van der Waals surface area contributed by atoms with Gasteiger partial charge in [-0.15, -0.1) is 0 Å². The van der Waals surface area contributed by atoms with Crippen LogP contribution in [0.15, 0.2) is 42.7 Å². The van der Waals surface area contributed by atoms with Crippen LogP contribution in [0.1, 0.15) is 43.1 Å². The van der Waals surface area contributed by atoms with Crippen LogP contribution < -0.4 is 11.3 Å². The third-order valence-corrected chi connectivity index (χ3v) is 4.68. The molecule has 1 fully saturated rings. The fourth-order valence-corrected chi connectivity index (χ4v) is 3.66. The Kier molecular flexibility index (Phi) is 3.59. The van der Waals surface area contributed by atoms with Crippen LogP contribution in [0.3, 0.4) is 0 Å². The van der Waals surface area contributed by atoms with E-state index in [9.17, 15) is 0 Å². The first kappa shape index (κ1) is 13.3. The number of nitrogens with one attached hydrogen (secondary N) is 1. The van der Waals surface area contributed by atoms with Gasteiger partial charge in [-0.3, -0.25) is 5.84 Å². The zero-order valence-corrected chi connectivity index (χ0v) is 11.9. The Balaban J connectivity index is 2.08. The van der Waals surface area contributed by atoms with Gasteiger partial charge in [-0.05, 0) is 18.4 Å². The first-order chi connectivity index (χ1) is 9.78. The maximum atomic E-state index is 5.93. The number of imidazole rings is 1. The van der Waals surface area contributed by atoms with Gasteiger partial charge in [0.25, 0.3) is 0 Å². The molecule has 3 N–H and O–H groups in total. The van der Waals surface area contributed by atoms with E-state index in [1.54, 1.807) is 0 Å². The SMILES string of the molecule is Cn1ccnc1C(NN)C1(c2ccccc2)CCCC1. The van der Waals surface area contributed by atoms with Crippen molar-refractivity contribution in [1.82, 2.24) is 15.0 Å². The molecule has 0 saturated heterocycles. The van der Waals surface area contributed by atoms with E-state index in [4.69, 9.17) is 5.84 Å². The molecule has 3 rings (SSSR count). The zero-order valence-electron chi connectivity index (χ0n) is 11.9. The highest BCUT2D eigenvalue weighted by molar-refractivity contribution is 5.31. The maximum absolute atomic E-state index is 5.93. The largest absolute Gasteiger partial charge is 0.337 e. The van der Waals surface area contributed by atoms with Crippen LogP contribution in [0.4, 0.5) is 0 Å². The Bertz CT molecular complexity index is 555. The Morgan fingerprint density at radius 2 is 1.95 bits per heavy atom. The summed E-state index contributed by atoms with van der Waals surface area (Å²) in [6.07, 6.45) is 8.62. The third-order valence-electron chi connectivity index (χ3n) is 4.68. The summed E-state index contributed by atoms with van der Waals surface area (Å²) in [7, 11) is 2.03. The third kappa shape index (κ3) is 2.05. The summed E-state index contributed by atoms with van der Waals surface area (Å²) < 4.78 is 2.06. The maximum Gasteiger partial charge on any atom is 0.127 e. The minimum absolute atomic E-state index is 0.0485. The monoisotopic (exact) mass is 270 g/mol. The smallest absolute Gasteiger partial charge is 0.127 e. The summed E-state index contributed by atoms with van der Waals surface area (Å²) in [5.74, 6) is 6.94. The molecule has 1 heterocycles. The van der Waals surface area contributed by atoms with Crippen LogP contribution in [0, 0.1) is 0 Å². The molecule has 1 aromatic carbocycles. The van der Waals surface area contributed by atoms with E-state index >= 15 is 0 Å². The van der Waals surface area contributed by atoms with Gasteiger partial charge in [0.1, 0.15) is 5.82 Å². The average molecular weight is 270 g/mol. The molecule has 0 bridgehead atoms. The lowest BCUT2D eigenvalue weighted by Gasteiger charge is -2.37. The molecule has 0 radical (unpaired) electrons. The molecular formula is C16H22N4. The molecule has 1 aliphatic carbocycles. The van der Waals surface area contributed by atoms with Crippen molar-refractivity contribution < 1.29 is 0 Å². The molecular weight excluding hydrogens is 248 g/mol. The lowest BCUT2D eigenvalue weighted by Crippen LogP contribution is -2.44. The Labute approximate surface area is 120 Å². The van der Waals surface area contributed by atoms with Gasteiger partial charge in [0.05, 0.1) is 6.04 Å². The highest BCUT2D eigenvalue weighted by Crippen LogP contribution is 2.48. The standard InChI is InChI=1S/C16H22N4/c1-20-12-11-18-15(20)14(19-17)16(9-5-6-10-16)13-7-3-2-4-8-13/h2-4,7-8,11-12,14,19H,5-6,9-10,17H2,1H3. The lowest BCUT2D eigenvalue weighted by molar-refractivity contribution is 0.287. The summed E-state index contributed by atoms with van der Waals surface area (Å²) in [5.41, 5.74) is 4.46. The van der Waals surface area contributed by atoms with Crippen molar-refractivity contribution in [3.63, 3.8) is 0 Å². The topological polar surface area (TPSA) is 55.9 Å². The first-order valence-corrected chi connectivity index (χ1v) is 7.27. The molecule has 2 aromatic rings. The average Bonchev–Trinajstić information content (AvgIpc) is 3.12. The van der Waals surface area contributed by atoms with Gasteiger partial charge in [-0.2, -0.15) is 0 Å². The molecule has 0 amide bonds. The Morgan fingerprint density at radius 3 is 2.50 bits per heavy atom. The van der Waals surface area contributed by atoms with Gasteiger partial charge in [0.15, 0.2) is 0 Å². The van der Waals surface area contributed by atoms with E-state index in [1.165, 1.54) is 18.4 Å².